The lowest BCUT2D eigenvalue weighted by Crippen LogP contribution is -2.04. The number of ether oxygens (including phenoxy) is 2. The molecule has 0 bridgehead atoms. The maximum Gasteiger partial charge on any atom is 0.213 e. The standard InChI is InChI=1S/C18H16N2O2/c1-2-8-16(14-22-18-10-4-6-12-20-18)15(7-1)13-21-17-9-3-5-11-19-17/h1-12H,13-14H2. The number of hydrogen-bond donors (Lipinski definition) is 0. The first-order chi connectivity index (χ1) is 10.9. The van der Waals surface area contributed by atoms with Gasteiger partial charge in [-0.25, -0.2) is 9.97 Å². The largest absolute Gasteiger partial charge is 0.473 e. The van der Waals surface area contributed by atoms with Crippen molar-refractivity contribution >= 4 is 0 Å². The molecule has 0 saturated carbocycles. The van der Waals surface area contributed by atoms with Gasteiger partial charge < -0.3 is 9.47 Å². The van der Waals surface area contributed by atoms with E-state index in [0.717, 1.165) is 11.1 Å². The van der Waals surface area contributed by atoms with Gasteiger partial charge in [-0.2, -0.15) is 0 Å². The smallest absolute Gasteiger partial charge is 0.213 e. The molecule has 0 unspecified atom stereocenters. The van der Waals surface area contributed by atoms with Crippen molar-refractivity contribution in [2.24, 2.45) is 0 Å². The van der Waals surface area contributed by atoms with Crippen LogP contribution in [0.4, 0.5) is 0 Å². The summed E-state index contributed by atoms with van der Waals surface area (Å²) in [4.78, 5) is 8.31. The van der Waals surface area contributed by atoms with E-state index in [1.54, 1.807) is 12.4 Å². The van der Waals surface area contributed by atoms with Crippen LogP contribution in [0.2, 0.25) is 0 Å². The zero-order chi connectivity index (χ0) is 15.0. The average Bonchev–Trinajstić information content (AvgIpc) is 2.61. The molecule has 1 aromatic carbocycles. The van der Waals surface area contributed by atoms with Crippen molar-refractivity contribution in [1.29, 1.82) is 0 Å². The van der Waals surface area contributed by atoms with Crippen molar-refractivity contribution in [3.8, 4) is 11.8 Å². The fourth-order valence-electron chi connectivity index (χ4n) is 2.01. The van der Waals surface area contributed by atoms with E-state index in [1.165, 1.54) is 0 Å². The van der Waals surface area contributed by atoms with Gasteiger partial charge in [-0.3, -0.25) is 0 Å². The van der Waals surface area contributed by atoms with Crippen LogP contribution in [0.5, 0.6) is 11.8 Å². The summed E-state index contributed by atoms with van der Waals surface area (Å²) in [6.45, 7) is 0.914. The predicted molar refractivity (Wildman–Crippen MR) is 83.6 cm³/mol. The Labute approximate surface area is 129 Å². The van der Waals surface area contributed by atoms with Crippen LogP contribution in [0.15, 0.2) is 73.1 Å². The Morgan fingerprint density at radius 3 is 1.45 bits per heavy atom. The van der Waals surface area contributed by atoms with E-state index in [1.807, 2.05) is 60.7 Å². The van der Waals surface area contributed by atoms with Crippen molar-refractivity contribution in [2.45, 2.75) is 13.2 Å². The molecule has 2 aromatic heterocycles. The van der Waals surface area contributed by atoms with E-state index in [-0.39, 0.29) is 0 Å². The highest BCUT2D eigenvalue weighted by atomic mass is 16.5. The van der Waals surface area contributed by atoms with Gasteiger partial charge in [0.15, 0.2) is 0 Å². The molecule has 0 N–H and O–H groups in total. The minimum atomic E-state index is 0.457. The number of pyridine rings is 2. The molecule has 0 amide bonds. The summed E-state index contributed by atoms with van der Waals surface area (Å²) in [5.41, 5.74) is 2.15. The molecule has 0 atom stereocenters. The quantitative estimate of drug-likeness (QED) is 0.696. The van der Waals surface area contributed by atoms with Gasteiger partial charge in [-0.1, -0.05) is 36.4 Å². The summed E-state index contributed by atoms with van der Waals surface area (Å²) in [6, 6.07) is 19.2. The van der Waals surface area contributed by atoms with E-state index in [2.05, 4.69) is 9.97 Å². The van der Waals surface area contributed by atoms with Gasteiger partial charge in [0.05, 0.1) is 0 Å². The Hall–Kier alpha value is -2.88. The van der Waals surface area contributed by atoms with Crippen LogP contribution in [0.1, 0.15) is 11.1 Å². The highest BCUT2D eigenvalue weighted by molar-refractivity contribution is 5.27. The minimum Gasteiger partial charge on any atom is -0.473 e. The predicted octanol–water partition coefficient (Wildman–Crippen LogP) is 3.63. The zero-order valence-electron chi connectivity index (χ0n) is 12.1. The Bertz CT molecular complexity index is 640. The number of benzene rings is 1. The molecule has 2 heterocycles. The molecule has 0 radical (unpaired) electrons. The van der Waals surface area contributed by atoms with Crippen LogP contribution in [0, 0.1) is 0 Å². The Kier molecular flexibility index (Phi) is 4.62. The van der Waals surface area contributed by atoms with Crippen molar-refractivity contribution in [3.63, 3.8) is 0 Å². The summed E-state index contributed by atoms with van der Waals surface area (Å²) in [6.07, 6.45) is 3.43. The second kappa shape index (κ2) is 7.22. The summed E-state index contributed by atoms with van der Waals surface area (Å²) in [7, 11) is 0. The minimum absolute atomic E-state index is 0.457. The number of rotatable bonds is 6. The van der Waals surface area contributed by atoms with Crippen LogP contribution in [-0.4, -0.2) is 9.97 Å². The molecule has 0 fully saturated rings. The maximum absolute atomic E-state index is 5.70. The second-order valence-electron chi connectivity index (χ2n) is 4.68. The first-order valence-electron chi connectivity index (χ1n) is 7.06. The first kappa shape index (κ1) is 14.1. The van der Waals surface area contributed by atoms with Crippen LogP contribution >= 0.6 is 0 Å². The van der Waals surface area contributed by atoms with Crippen molar-refractivity contribution in [3.05, 3.63) is 84.2 Å². The lowest BCUT2D eigenvalue weighted by molar-refractivity contribution is 0.274. The molecule has 0 saturated heterocycles. The summed E-state index contributed by atoms with van der Waals surface area (Å²) in [5.74, 6) is 1.23. The molecule has 3 rings (SSSR count). The average molecular weight is 292 g/mol. The van der Waals surface area contributed by atoms with Gasteiger partial charge in [0, 0.05) is 24.5 Å². The third-order valence-corrected chi connectivity index (χ3v) is 3.15. The molecule has 4 nitrogen and oxygen atoms in total. The van der Waals surface area contributed by atoms with Gasteiger partial charge in [-0.15, -0.1) is 0 Å². The third kappa shape index (κ3) is 3.82. The second-order valence-corrected chi connectivity index (χ2v) is 4.68. The summed E-state index contributed by atoms with van der Waals surface area (Å²) in [5, 5.41) is 0. The lowest BCUT2D eigenvalue weighted by Gasteiger charge is -2.11. The van der Waals surface area contributed by atoms with E-state index >= 15 is 0 Å². The molecule has 22 heavy (non-hydrogen) atoms. The van der Waals surface area contributed by atoms with Crippen LogP contribution < -0.4 is 9.47 Å². The normalized spacial score (nSPS) is 10.2. The third-order valence-electron chi connectivity index (χ3n) is 3.15. The molecule has 0 aliphatic carbocycles. The highest BCUT2D eigenvalue weighted by Gasteiger charge is 2.04. The Balaban J connectivity index is 1.65. The fraction of sp³-hybridized carbons (Fsp3) is 0.111. The molecule has 4 heteroatoms. The summed E-state index contributed by atoms with van der Waals surface area (Å²) >= 11 is 0. The Morgan fingerprint density at radius 1 is 0.591 bits per heavy atom. The number of nitrogens with zero attached hydrogens (tertiary/aromatic N) is 2. The number of hydrogen-bond acceptors (Lipinski definition) is 4. The van der Waals surface area contributed by atoms with Crippen molar-refractivity contribution in [1.82, 2.24) is 9.97 Å². The molecule has 110 valence electrons. The molecule has 0 aliphatic heterocycles. The lowest BCUT2D eigenvalue weighted by atomic mass is 10.1. The van der Waals surface area contributed by atoms with Gasteiger partial charge in [0.25, 0.3) is 0 Å². The summed E-state index contributed by atoms with van der Waals surface area (Å²) < 4.78 is 11.4. The van der Waals surface area contributed by atoms with Crippen LogP contribution in [-0.2, 0) is 13.2 Å². The van der Waals surface area contributed by atoms with E-state index in [9.17, 15) is 0 Å². The van der Waals surface area contributed by atoms with E-state index in [0.29, 0.717) is 25.0 Å². The zero-order valence-corrected chi connectivity index (χ0v) is 12.1. The Morgan fingerprint density at radius 2 is 1.05 bits per heavy atom. The highest BCUT2D eigenvalue weighted by Crippen LogP contribution is 2.15. The first-order valence-corrected chi connectivity index (χ1v) is 7.06. The van der Waals surface area contributed by atoms with Gasteiger partial charge in [0.1, 0.15) is 13.2 Å². The van der Waals surface area contributed by atoms with Gasteiger partial charge in [0.2, 0.25) is 11.8 Å². The van der Waals surface area contributed by atoms with E-state index < -0.39 is 0 Å². The molecular weight excluding hydrogens is 276 g/mol. The monoisotopic (exact) mass is 292 g/mol. The molecular formula is C18H16N2O2. The topological polar surface area (TPSA) is 44.2 Å². The van der Waals surface area contributed by atoms with Crippen molar-refractivity contribution < 1.29 is 9.47 Å². The fourth-order valence-corrected chi connectivity index (χ4v) is 2.01. The molecule has 0 aliphatic rings. The number of aromatic nitrogens is 2. The van der Waals surface area contributed by atoms with Gasteiger partial charge >= 0.3 is 0 Å². The van der Waals surface area contributed by atoms with Gasteiger partial charge in [-0.05, 0) is 23.3 Å². The van der Waals surface area contributed by atoms with E-state index in [4.69, 9.17) is 9.47 Å². The van der Waals surface area contributed by atoms with Crippen molar-refractivity contribution in [2.75, 3.05) is 0 Å². The SMILES string of the molecule is c1ccc(OCc2ccccc2COc2ccccn2)nc1. The molecule has 3 aromatic rings. The maximum atomic E-state index is 5.70. The van der Waals surface area contributed by atoms with Crippen LogP contribution in [0.25, 0.3) is 0 Å². The molecule has 0 spiro atoms. The van der Waals surface area contributed by atoms with Crippen LogP contribution in [0.3, 0.4) is 0 Å².